The van der Waals surface area contributed by atoms with Crippen LogP contribution in [0.3, 0.4) is 0 Å². The molecule has 0 aromatic heterocycles. The molecule has 3 aromatic carbocycles. The van der Waals surface area contributed by atoms with E-state index in [-0.39, 0.29) is 28.3 Å². The van der Waals surface area contributed by atoms with E-state index in [1.807, 2.05) is 0 Å². The summed E-state index contributed by atoms with van der Waals surface area (Å²) >= 11 is 5.88. The van der Waals surface area contributed by atoms with Crippen molar-refractivity contribution < 1.29 is 27.5 Å². The first kappa shape index (κ1) is 23.5. The third kappa shape index (κ3) is 4.27. The Labute approximate surface area is 201 Å². The zero-order valence-electron chi connectivity index (χ0n) is 18.0. The molecule has 0 spiro atoms. The fourth-order valence-corrected chi connectivity index (χ4v) is 5.17. The van der Waals surface area contributed by atoms with Gasteiger partial charge in [-0.15, -0.1) is 0 Å². The summed E-state index contributed by atoms with van der Waals surface area (Å²) in [5.74, 6) is -1.38. The first-order valence-electron chi connectivity index (χ1n) is 10.2. The van der Waals surface area contributed by atoms with Crippen LogP contribution in [0.4, 0.5) is 5.69 Å². The van der Waals surface area contributed by atoms with Crippen molar-refractivity contribution in [2.24, 2.45) is 0 Å². The molecule has 174 valence electrons. The number of hydrogen-bond acceptors (Lipinski definition) is 6. The zero-order chi connectivity index (χ0) is 24.5. The van der Waals surface area contributed by atoms with Crippen LogP contribution in [0.15, 0.2) is 77.7 Å². The van der Waals surface area contributed by atoms with E-state index in [2.05, 4.69) is 0 Å². The van der Waals surface area contributed by atoms with Gasteiger partial charge in [0, 0.05) is 18.0 Å². The molecule has 0 bridgehead atoms. The largest absolute Gasteiger partial charge is 0.497 e. The molecule has 0 N–H and O–H groups in total. The lowest BCUT2D eigenvalue weighted by atomic mass is 10.1. The highest BCUT2D eigenvalue weighted by molar-refractivity contribution is 7.93. The maximum atomic E-state index is 13.4. The van der Waals surface area contributed by atoms with E-state index in [1.165, 1.54) is 67.8 Å². The number of sulfonamides is 1. The Hall–Kier alpha value is -3.69. The molecule has 1 aliphatic rings. The summed E-state index contributed by atoms with van der Waals surface area (Å²) in [6, 6.07) is 17.7. The number of fused-ring (bicyclic) bond motifs is 1. The fourth-order valence-electron chi connectivity index (χ4n) is 3.60. The van der Waals surface area contributed by atoms with Gasteiger partial charge >= 0.3 is 0 Å². The molecule has 3 aromatic rings. The summed E-state index contributed by atoms with van der Waals surface area (Å²) in [5, 5.41) is 0.340. The molecule has 0 saturated heterocycles. The van der Waals surface area contributed by atoms with Crippen molar-refractivity contribution in [2.45, 2.75) is 11.3 Å². The Morgan fingerprint density at radius 2 is 1.47 bits per heavy atom. The number of benzene rings is 3. The average molecular weight is 499 g/mol. The molecular formula is C24H19ClN2O6S. The summed E-state index contributed by atoms with van der Waals surface area (Å²) < 4.78 is 32.6. The third-order valence-corrected chi connectivity index (χ3v) is 7.33. The number of carbonyl (C=O) groups excluding carboxylic acids is 3. The summed E-state index contributed by atoms with van der Waals surface area (Å²) in [6.45, 7) is -0.270. The second kappa shape index (κ2) is 9.28. The molecule has 34 heavy (non-hydrogen) atoms. The molecule has 10 heteroatoms. The summed E-state index contributed by atoms with van der Waals surface area (Å²) in [4.78, 5) is 39.3. The van der Waals surface area contributed by atoms with Crippen LogP contribution in [0.5, 0.6) is 5.75 Å². The molecule has 3 amide bonds. The number of carbonyl (C=O) groups is 3. The van der Waals surface area contributed by atoms with Gasteiger partial charge in [0.05, 0.1) is 28.8 Å². The Morgan fingerprint density at radius 1 is 0.912 bits per heavy atom. The number of imide groups is 1. The lowest BCUT2D eigenvalue weighted by molar-refractivity contribution is -0.117. The molecule has 0 saturated carbocycles. The van der Waals surface area contributed by atoms with E-state index in [9.17, 15) is 22.8 Å². The predicted octanol–water partition coefficient (Wildman–Crippen LogP) is 3.76. The Balaban J connectivity index is 1.64. The molecule has 8 nitrogen and oxygen atoms in total. The summed E-state index contributed by atoms with van der Waals surface area (Å²) in [6.07, 6.45) is -0.398. The van der Waals surface area contributed by atoms with E-state index in [0.717, 1.165) is 4.90 Å². The lowest BCUT2D eigenvalue weighted by Gasteiger charge is -2.24. The van der Waals surface area contributed by atoms with Gasteiger partial charge in [-0.05, 0) is 60.7 Å². The van der Waals surface area contributed by atoms with Crippen molar-refractivity contribution in [1.29, 1.82) is 0 Å². The van der Waals surface area contributed by atoms with Gasteiger partial charge in [0.15, 0.2) is 0 Å². The van der Waals surface area contributed by atoms with E-state index in [4.69, 9.17) is 16.3 Å². The van der Waals surface area contributed by atoms with Gasteiger partial charge in [0.1, 0.15) is 5.75 Å². The molecule has 0 atom stereocenters. The van der Waals surface area contributed by atoms with Gasteiger partial charge < -0.3 is 4.74 Å². The number of anilines is 1. The summed E-state index contributed by atoms with van der Waals surface area (Å²) in [5.41, 5.74) is 0.588. The smallest absolute Gasteiger partial charge is 0.270 e. The van der Waals surface area contributed by atoms with Gasteiger partial charge in [-0.25, -0.2) is 12.7 Å². The van der Waals surface area contributed by atoms with Crippen LogP contribution in [0.25, 0.3) is 0 Å². The quantitative estimate of drug-likeness (QED) is 0.460. The number of nitrogens with zero attached hydrogens (tertiary/aromatic N) is 2. The van der Waals surface area contributed by atoms with Crippen LogP contribution in [0, 0.1) is 0 Å². The topological polar surface area (TPSA) is 101 Å². The molecule has 0 unspecified atom stereocenters. The van der Waals surface area contributed by atoms with E-state index >= 15 is 0 Å². The number of hydrogen-bond donors (Lipinski definition) is 0. The van der Waals surface area contributed by atoms with Gasteiger partial charge in [-0.2, -0.15) is 0 Å². The molecule has 0 fully saturated rings. The number of methoxy groups -OCH3 is 1. The minimum absolute atomic E-state index is 0.0862. The van der Waals surface area contributed by atoms with Crippen molar-refractivity contribution in [1.82, 2.24) is 4.90 Å². The van der Waals surface area contributed by atoms with E-state index < -0.39 is 34.2 Å². The van der Waals surface area contributed by atoms with Crippen molar-refractivity contribution in [3.63, 3.8) is 0 Å². The highest BCUT2D eigenvalue weighted by atomic mass is 35.5. The van der Waals surface area contributed by atoms with Gasteiger partial charge in [0.25, 0.3) is 21.8 Å². The van der Waals surface area contributed by atoms with E-state index in [1.54, 1.807) is 12.1 Å². The number of amides is 3. The standard InChI is InChI=1S/C24H19ClN2O6S/c1-33-18-10-8-17(9-11-18)27(34(31,32)19-12-6-16(25)7-13-19)22(28)14-15-26-23(29)20-4-2-3-5-21(20)24(26)30/h2-13H,14-15H2,1H3. The second-order valence-corrected chi connectivity index (χ2v) is 9.60. The van der Waals surface area contributed by atoms with Crippen LogP contribution >= 0.6 is 11.6 Å². The molecule has 1 heterocycles. The van der Waals surface area contributed by atoms with Crippen molar-refractivity contribution >= 4 is 45.0 Å². The van der Waals surface area contributed by atoms with Crippen LogP contribution in [0.2, 0.25) is 5.02 Å². The Morgan fingerprint density at radius 3 is 2.00 bits per heavy atom. The first-order valence-corrected chi connectivity index (χ1v) is 12.0. The maximum Gasteiger partial charge on any atom is 0.270 e. The highest BCUT2D eigenvalue weighted by Crippen LogP contribution is 2.28. The van der Waals surface area contributed by atoms with Crippen molar-refractivity contribution in [3.05, 3.63) is 88.9 Å². The van der Waals surface area contributed by atoms with Crippen LogP contribution in [-0.4, -0.2) is 44.7 Å². The number of rotatable bonds is 7. The Bertz CT molecular complexity index is 1340. The highest BCUT2D eigenvalue weighted by Gasteiger charge is 2.37. The second-order valence-electron chi connectivity index (χ2n) is 7.37. The van der Waals surface area contributed by atoms with Crippen LogP contribution < -0.4 is 9.04 Å². The number of halogens is 1. The first-order chi connectivity index (χ1) is 16.2. The van der Waals surface area contributed by atoms with Crippen LogP contribution in [0.1, 0.15) is 27.1 Å². The third-order valence-electron chi connectivity index (χ3n) is 5.31. The minimum Gasteiger partial charge on any atom is -0.497 e. The average Bonchev–Trinajstić information content (AvgIpc) is 3.08. The Kier molecular flexibility index (Phi) is 6.41. The predicted molar refractivity (Wildman–Crippen MR) is 126 cm³/mol. The maximum absolute atomic E-state index is 13.4. The van der Waals surface area contributed by atoms with Crippen molar-refractivity contribution in [2.75, 3.05) is 18.0 Å². The molecule has 0 radical (unpaired) electrons. The molecule has 4 rings (SSSR count). The molecule has 0 aliphatic carbocycles. The SMILES string of the molecule is COc1ccc(N(C(=O)CCN2C(=O)c3ccccc3C2=O)S(=O)(=O)c2ccc(Cl)cc2)cc1. The summed E-state index contributed by atoms with van der Waals surface area (Å²) in [7, 11) is -2.86. The fraction of sp³-hybridized carbons (Fsp3) is 0.125. The van der Waals surface area contributed by atoms with Gasteiger partial charge in [-0.3, -0.25) is 19.3 Å². The molecule has 1 aliphatic heterocycles. The lowest BCUT2D eigenvalue weighted by Crippen LogP contribution is -2.40. The number of ether oxygens (including phenoxy) is 1. The molecular weight excluding hydrogens is 480 g/mol. The monoisotopic (exact) mass is 498 g/mol. The zero-order valence-corrected chi connectivity index (χ0v) is 19.5. The van der Waals surface area contributed by atoms with Gasteiger partial charge in [-0.1, -0.05) is 23.7 Å². The van der Waals surface area contributed by atoms with Crippen LogP contribution in [-0.2, 0) is 14.8 Å². The van der Waals surface area contributed by atoms with Gasteiger partial charge in [0.2, 0.25) is 5.91 Å². The van der Waals surface area contributed by atoms with E-state index in [0.29, 0.717) is 15.1 Å². The normalized spacial score (nSPS) is 13.1. The minimum atomic E-state index is -4.32. The van der Waals surface area contributed by atoms with Crippen molar-refractivity contribution in [3.8, 4) is 5.75 Å².